The van der Waals surface area contributed by atoms with Crippen molar-refractivity contribution >= 4 is 17.7 Å². The number of nitrogens with one attached hydrogen (secondary N) is 1. The number of nitrogens with zero attached hydrogens (tertiary/aromatic N) is 1. The van der Waals surface area contributed by atoms with Crippen molar-refractivity contribution in [2.75, 3.05) is 18.4 Å². The molecule has 2 N–H and O–H groups in total. The van der Waals surface area contributed by atoms with Gasteiger partial charge in [0.25, 0.3) is 0 Å². The number of carbonyl (C=O) groups is 2. The number of rotatable bonds is 6. The Morgan fingerprint density at radius 1 is 1.50 bits per heavy atom. The third-order valence-corrected chi connectivity index (χ3v) is 2.59. The first-order valence-electron chi connectivity index (χ1n) is 6.19. The highest BCUT2D eigenvalue weighted by Gasteiger charge is 2.14. The highest BCUT2D eigenvalue weighted by atomic mass is 19.1. The van der Waals surface area contributed by atoms with Gasteiger partial charge in [0, 0.05) is 13.1 Å². The van der Waals surface area contributed by atoms with Crippen molar-refractivity contribution in [3.05, 3.63) is 42.2 Å². The molecule has 0 atom stereocenters. The molecule has 0 radical (unpaired) electrons. The second-order valence-electron chi connectivity index (χ2n) is 4.16. The van der Waals surface area contributed by atoms with Crippen molar-refractivity contribution in [3.8, 4) is 0 Å². The van der Waals surface area contributed by atoms with Gasteiger partial charge in [-0.2, -0.15) is 0 Å². The van der Waals surface area contributed by atoms with Crippen LogP contribution in [0.4, 0.5) is 14.9 Å². The third kappa shape index (κ3) is 4.08. The van der Waals surface area contributed by atoms with Crippen molar-refractivity contribution in [1.82, 2.24) is 4.90 Å². The molecule has 0 spiro atoms. The van der Waals surface area contributed by atoms with Crippen molar-refractivity contribution in [3.63, 3.8) is 0 Å². The minimum absolute atomic E-state index is 0.0508. The van der Waals surface area contributed by atoms with E-state index in [2.05, 4.69) is 11.9 Å². The summed E-state index contributed by atoms with van der Waals surface area (Å²) in [7, 11) is 0. The maximum atomic E-state index is 13.7. The molecule has 1 rings (SSSR count). The van der Waals surface area contributed by atoms with Crippen LogP contribution >= 0.6 is 0 Å². The lowest BCUT2D eigenvalue weighted by atomic mass is 10.2. The summed E-state index contributed by atoms with van der Waals surface area (Å²) < 4.78 is 13.7. The van der Waals surface area contributed by atoms with Crippen LogP contribution in [0, 0.1) is 5.82 Å². The Morgan fingerprint density at radius 2 is 2.20 bits per heavy atom. The second-order valence-corrected chi connectivity index (χ2v) is 4.16. The lowest BCUT2D eigenvalue weighted by molar-refractivity contribution is 0.0696. The van der Waals surface area contributed by atoms with Crippen LogP contribution in [-0.4, -0.2) is 35.1 Å². The van der Waals surface area contributed by atoms with Gasteiger partial charge in [-0.3, -0.25) is 0 Å². The standard InChI is InChI=1S/C14H17FN2O3/c1-3-7-17(8-4-2)14(20)16-12-6-5-10(13(18)19)9-11(12)15/h3,5-6,9H,1,4,7-8H2,2H3,(H,16,20)(H,18,19). The minimum Gasteiger partial charge on any atom is -0.478 e. The number of hydrogen-bond donors (Lipinski definition) is 2. The van der Waals surface area contributed by atoms with E-state index in [9.17, 15) is 14.0 Å². The van der Waals surface area contributed by atoms with Gasteiger partial charge >= 0.3 is 12.0 Å². The Hall–Kier alpha value is -2.37. The number of anilines is 1. The summed E-state index contributed by atoms with van der Waals surface area (Å²) in [5, 5.41) is 11.2. The number of carboxylic acids is 1. The SMILES string of the molecule is C=CCN(CCC)C(=O)Nc1ccc(C(=O)O)cc1F. The van der Waals surface area contributed by atoms with Gasteiger partial charge in [0.15, 0.2) is 0 Å². The Morgan fingerprint density at radius 3 is 2.70 bits per heavy atom. The molecular weight excluding hydrogens is 263 g/mol. The average molecular weight is 280 g/mol. The molecule has 0 aliphatic carbocycles. The molecule has 0 saturated heterocycles. The number of carboxylic acid groups (broad SMARTS) is 1. The maximum Gasteiger partial charge on any atom is 0.335 e. The van der Waals surface area contributed by atoms with E-state index in [1.807, 2.05) is 6.92 Å². The average Bonchev–Trinajstić information content (AvgIpc) is 2.40. The summed E-state index contributed by atoms with van der Waals surface area (Å²) in [6, 6.07) is 2.89. The molecule has 20 heavy (non-hydrogen) atoms. The number of benzene rings is 1. The van der Waals surface area contributed by atoms with Gasteiger partial charge < -0.3 is 15.3 Å². The lowest BCUT2D eigenvalue weighted by Gasteiger charge is -2.21. The first-order valence-corrected chi connectivity index (χ1v) is 6.19. The van der Waals surface area contributed by atoms with Gasteiger partial charge in [0.05, 0.1) is 11.3 Å². The summed E-state index contributed by atoms with van der Waals surface area (Å²) >= 11 is 0. The van der Waals surface area contributed by atoms with Crippen LogP contribution in [0.2, 0.25) is 0 Å². The van der Waals surface area contributed by atoms with Gasteiger partial charge in [0.2, 0.25) is 0 Å². The Kier molecular flexibility index (Phi) is 5.71. The van der Waals surface area contributed by atoms with E-state index in [-0.39, 0.29) is 11.3 Å². The molecule has 0 bridgehead atoms. The van der Waals surface area contributed by atoms with Gasteiger partial charge in [-0.15, -0.1) is 6.58 Å². The molecule has 5 nitrogen and oxygen atoms in total. The van der Waals surface area contributed by atoms with E-state index in [4.69, 9.17) is 5.11 Å². The Bertz CT molecular complexity index is 517. The van der Waals surface area contributed by atoms with Crippen LogP contribution in [0.15, 0.2) is 30.9 Å². The van der Waals surface area contributed by atoms with E-state index in [0.717, 1.165) is 12.5 Å². The van der Waals surface area contributed by atoms with E-state index in [1.54, 1.807) is 6.08 Å². The first-order chi connectivity index (χ1) is 9.49. The van der Waals surface area contributed by atoms with Gasteiger partial charge in [-0.25, -0.2) is 14.0 Å². The fourth-order valence-corrected chi connectivity index (χ4v) is 1.65. The third-order valence-electron chi connectivity index (χ3n) is 2.59. The highest BCUT2D eigenvalue weighted by Crippen LogP contribution is 2.16. The molecule has 0 saturated carbocycles. The summed E-state index contributed by atoms with van der Waals surface area (Å²) in [4.78, 5) is 24.1. The van der Waals surface area contributed by atoms with Crippen LogP contribution in [-0.2, 0) is 0 Å². The van der Waals surface area contributed by atoms with Crippen LogP contribution in [0.1, 0.15) is 23.7 Å². The normalized spacial score (nSPS) is 9.90. The summed E-state index contributed by atoms with van der Waals surface area (Å²) in [6.07, 6.45) is 2.35. The van der Waals surface area contributed by atoms with Crippen molar-refractivity contribution < 1.29 is 19.1 Å². The second kappa shape index (κ2) is 7.28. The Balaban J connectivity index is 2.83. The van der Waals surface area contributed by atoms with Gasteiger partial charge in [-0.1, -0.05) is 13.0 Å². The monoisotopic (exact) mass is 280 g/mol. The smallest absolute Gasteiger partial charge is 0.335 e. The fraction of sp³-hybridized carbons (Fsp3) is 0.286. The molecular formula is C14H17FN2O3. The Labute approximate surface area is 116 Å². The van der Waals surface area contributed by atoms with Crippen LogP contribution in [0.3, 0.4) is 0 Å². The summed E-state index contributed by atoms with van der Waals surface area (Å²) in [5.74, 6) is -2.01. The van der Waals surface area contributed by atoms with E-state index >= 15 is 0 Å². The topological polar surface area (TPSA) is 69.6 Å². The predicted molar refractivity (Wildman–Crippen MR) is 74.4 cm³/mol. The molecule has 2 amide bonds. The molecule has 0 fully saturated rings. The number of aromatic carboxylic acids is 1. The number of carbonyl (C=O) groups excluding carboxylic acids is 1. The molecule has 1 aromatic rings. The van der Waals surface area contributed by atoms with Gasteiger partial charge in [0.1, 0.15) is 5.82 Å². The molecule has 0 unspecified atom stereocenters. The maximum absolute atomic E-state index is 13.7. The van der Waals surface area contributed by atoms with Crippen LogP contribution < -0.4 is 5.32 Å². The zero-order valence-electron chi connectivity index (χ0n) is 11.2. The van der Waals surface area contributed by atoms with Crippen LogP contribution in [0.5, 0.6) is 0 Å². The minimum atomic E-state index is -1.22. The molecule has 0 heterocycles. The van der Waals surface area contributed by atoms with E-state index in [0.29, 0.717) is 13.1 Å². The van der Waals surface area contributed by atoms with E-state index in [1.165, 1.54) is 17.0 Å². The van der Waals surface area contributed by atoms with E-state index < -0.39 is 17.8 Å². The molecule has 108 valence electrons. The van der Waals surface area contributed by atoms with Crippen LogP contribution in [0.25, 0.3) is 0 Å². The number of amides is 2. The molecule has 0 aromatic heterocycles. The number of urea groups is 1. The molecule has 0 aliphatic rings. The van der Waals surface area contributed by atoms with Gasteiger partial charge in [-0.05, 0) is 24.6 Å². The first kappa shape index (κ1) is 15.7. The predicted octanol–water partition coefficient (Wildman–Crippen LogP) is 2.95. The zero-order chi connectivity index (χ0) is 15.1. The van der Waals surface area contributed by atoms with Crippen molar-refractivity contribution in [1.29, 1.82) is 0 Å². The van der Waals surface area contributed by atoms with Crippen molar-refractivity contribution in [2.24, 2.45) is 0 Å². The number of hydrogen-bond acceptors (Lipinski definition) is 2. The zero-order valence-corrected chi connectivity index (χ0v) is 11.2. The molecule has 0 aliphatic heterocycles. The summed E-state index contributed by atoms with van der Waals surface area (Å²) in [6.45, 7) is 6.36. The lowest BCUT2D eigenvalue weighted by Crippen LogP contribution is -2.35. The molecule has 6 heteroatoms. The number of halogens is 1. The quantitative estimate of drug-likeness (QED) is 0.787. The molecule has 1 aromatic carbocycles. The fourth-order valence-electron chi connectivity index (χ4n) is 1.65. The largest absolute Gasteiger partial charge is 0.478 e. The summed E-state index contributed by atoms with van der Waals surface area (Å²) in [5.41, 5.74) is -0.220. The highest BCUT2D eigenvalue weighted by molar-refractivity contribution is 5.91. The van der Waals surface area contributed by atoms with Crippen molar-refractivity contribution in [2.45, 2.75) is 13.3 Å².